The Bertz CT molecular complexity index is 951. The fourth-order valence-corrected chi connectivity index (χ4v) is 4.30. The number of ether oxygens (including phenoxy) is 1. The number of hydrogen-bond acceptors (Lipinski definition) is 5. The first-order valence-corrected chi connectivity index (χ1v) is 11.2. The summed E-state index contributed by atoms with van der Waals surface area (Å²) in [5, 5.41) is 3.53. The van der Waals surface area contributed by atoms with E-state index in [1.807, 2.05) is 42.6 Å². The SMILES string of the molecule is O=C(Nc1ncc(Cc2ccc(Br)cc2)s1)c1ccc(CN2CCOCC2)cc1. The van der Waals surface area contributed by atoms with Crippen molar-refractivity contribution >= 4 is 38.3 Å². The van der Waals surface area contributed by atoms with Crippen LogP contribution in [0.2, 0.25) is 0 Å². The van der Waals surface area contributed by atoms with Crippen molar-refractivity contribution in [2.45, 2.75) is 13.0 Å². The minimum absolute atomic E-state index is 0.132. The van der Waals surface area contributed by atoms with Gasteiger partial charge in [-0.1, -0.05) is 40.2 Å². The molecule has 0 unspecified atom stereocenters. The molecule has 4 rings (SSSR count). The highest BCUT2D eigenvalue weighted by molar-refractivity contribution is 9.10. The van der Waals surface area contributed by atoms with Crippen LogP contribution in [0.15, 0.2) is 59.2 Å². The third-order valence-electron chi connectivity index (χ3n) is 4.79. The van der Waals surface area contributed by atoms with E-state index in [4.69, 9.17) is 4.74 Å². The van der Waals surface area contributed by atoms with Crippen molar-refractivity contribution in [2.24, 2.45) is 0 Å². The maximum atomic E-state index is 12.5. The molecule has 1 aliphatic heterocycles. The maximum absolute atomic E-state index is 12.5. The van der Waals surface area contributed by atoms with Gasteiger partial charge in [0.15, 0.2) is 5.13 Å². The lowest BCUT2D eigenvalue weighted by molar-refractivity contribution is 0.0342. The van der Waals surface area contributed by atoms with Gasteiger partial charge in [0.05, 0.1) is 13.2 Å². The van der Waals surface area contributed by atoms with Crippen LogP contribution >= 0.6 is 27.3 Å². The molecule has 1 aliphatic rings. The number of carbonyl (C=O) groups is 1. The van der Waals surface area contributed by atoms with Crippen LogP contribution in [0.4, 0.5) is 5.13 Å². The fraction of sp³-hybridized carbons (Fsp3) is 0.273. The molecule has 7 heteroatoms. The van der Waals surface area contributed by atoms with E-state index in [0.29, 0.717) is 10.7 Å². The first-order valence-electron chi connectivity index (χ1n) is 9.55. The van der Waals surface area contributed by atoms with Gasteiger partial charge in [0, 0.05) is 47.2 Å². The highest BCUT2D eigenvalue weighted by atomic mass is 79.9. The number of carbonyl (C=O) groups excluding carboxylic acids is 1. The third-order valence-corrected chi connectivity index (χ3v) is 6.23. The molecule has 1 aromatic heterocycles. The summed E-state index contributed by atoms with van der Waals surface area (Å²) in [7, 11) is 0. The molecule has 2 aromatic carbocycles. The van der Waals surface area contributed by atoms with Crippen molar-refractivity contribution in [1.82, 2.24) is 9.88 Å². The van der Waals surface area contributed by atoms with E-state index < -0.39 is 0 Å². The quantitative estimate of drug-likeness (QED) is 0.571. The Morgan fingerprint density at radius 1 is 1.07 bits per heavy atom. The number of thiazole rings is 1. The minimum atomic E-state index is -0.132. The molecule has 0 radical (unpaired) electrons. The van der Waals surface area contributed by atoms with Gasteiger partial charge in [0.25, 0.3) is 5.91 Å². The molecular formula is C22H22BrN3O2S. The Morgan fingerprint density at radius 2 is 1.76 bits per heavy atom. The number of aromatic nitrogens is 1. The normalized spacial score (nSPS) is 14.7. The average Bonchev–Trinajstić information content (AvgIpc) is 3.18. The molecule has 150 valence electrons. The van der Waals surface area contributed by atoms with Crippen LogP contribution in [0.3, 0.4) is 0 Å². The van der Waals surface area contributed by atoms with Gasteiger partial charge in [-0.3, -0.25) is 15.0 Å². The number of hydrogen-bond donors (Lipinski definition) is 1. The fourth-order valence-electron chi connectivity index (χ4n) is 3.20. The standard InChI is InChI=1S/C22H22BrN3O2S/c23-19-7-3-16(4-8-19)13-20-14-24-22(29-20)25-21(27)18-5-1-17(2-6-18)15-26-9-11-28-12-10-26/h1-8,14H,9-13,15H2,(H,24,25,27). The molecule has 1 fully saturated rings. The molecule has 0 spiro atoms. The zero-order chi connectivity index (χ0) is 20.1. The summed E-state index contributed by atoms with van der Waals surface area (Å²) >= 11 is 4.96. The lowest BCUT2D eigenvalue weighted by atomic mass is 10.1. The second kappa shape index (κ2) is 9.63. The van der Waals surface area contributed by atoms with Crippen LogP contribution in [-0.4, -0.2) is 42.1 Å². The Balaban J connectivity index is 1.33. The molecule has 5 nitrogen and oxygen atoms in total. The number of anilines is 1. The van der Waals surface area contributed by atoms with Crippen molar-refractivity contribution in [3.05, 3.63) is 80.8 Å². The van der Waals surface area contributed by atoms with E-state index in [1.165, 1.54) is 22.5 Å². The van der Waals surface area contributed by atoms with Crippen LogP contribution in [0.1, 0.15) is 26.4 Å². The number of nitrogens with zero attached hydrogens (tertiary/aromatic N) is 2. The largest absolute Gasteiger partial charge is 0.379 e. The number of morpholine rings is 1. The molecule has 1 N–H and O–H groups in total. The Kier molecular flexibility index (Phi) is 6.71. The van der Waals surface area contributed by atoms with Crippen LogP contribution < -0.4 is 5.32 Å². The Morgan fingerprint density at radius 3 is 2.48 bits per heavy atom. The van der Waals surface area contributed by atoms with E-state index >= 15 is 0 Å². The number of benzene rings is 2. The van der Waals surface area contributed by atoms with Gasteiger partial charge in [-0.15, -0.1) is 11.3 Å². The van der Waals surface area contributed by atoms with Gasteiger partial charge >= 0.3 is 0 Å². The number of halogens is 1. The zero-order valence-corrected chi connectivity index (χ0v) is 18.3. The van der Waals surface area contributed by atoms with Crippen molar-refractivity contribution < 1.29 is 9.53 Å². The lowest BCUT2D eigenvalue weighted by Gasteiger charge is -2.26. The molecule has 1 amide bonds. The van der Waals surface area contributed by atoms with Gasteiger partial charge in [0.2, 0.25) is 0 Å². The Labute approximate surface area is 182 Å². The summed E-state index contributed by atoms with van der Waals surface area (Å²) in [6, 6.07) is 16.0. The molecule has 29 heavy (non-hydrogen) atoms. The molecule has 0 bridgehead atoms. The van der Waals surface area contributed by atoms with Crippen molar-refractivity contribution in [3.8, 4) is 0 Å². The Hall–Kier alpha value is -2.06. The number of nitrogens with one attached hydrogen (secondary N) is 1. The summed E-state index contributed by atoms with van der Waals surface area (Å²) in [6.45, 7) is 4.37. The van der Waals surface area contributed by atoms with E-state index in [9.17, 15) is 4.79 Å². The predicted octanol–water partition coefficient (Wildman–Crippen LogP) is 4.58. The monoisotopic (exact) mass is 471 g/mol. The van der Waals surface area contributed by atoms with Crippen molar-refractivity contribution in [3.63, 3.8) is 0 Å². The van der Waals surface area contributed by atoms with Gasteiger partial charge in [-0.05, 0) is 35.4 Å². The van der Waals surface area contributed by atoms with Gasteiger partial charge in [0.1, 0.15) is 0 Å². The predicted molar refractivity (Wildman–Crippen MR) is 120 cm³/mol. The van der Waals surface area contributed by atoms with Gasteiger partial charge < -0.3 is 4.74 Å². The molecular weight excluding hydrogens is 450 g/mol. The summed E-state index contributed by atoms with van der Waals surface area (Å²) in [4.78, 5) is 20.4. The zero-order valence-electron chi connectivity index (χ0n) is 15.9. The molecule has 2 heterocycles. The van der Waals surface area contributed by atoms with Gasteiger partial charge in [-0.2, -0.15) is 0 Å². The second-order valence-electron chi connectivity index (χ2n) is 6.97. The van der Waals surface area contributed by atoms with Crippen LogP contribution in [-0.2, 0) is 17.7 Å². The van der Waals surface area contributed by atoms with E-state index in [0.717, 1.165) is 48.6 Å². The van der Waals surface area contributed by atoms with Crippen LogP contribution in [0.5, 0.6) is 0 Å². The first kappa shape index (κ1) is 20.2. The molecule has 3 aromatic rings. The van der Waals surface area contributed by atoms with Gasteiger partial charge in [-0.25, -0.2) is 4.98 Å². The summed E-state index contributed by atoms with van der Waals surface area (Å²) in [6.07, 6.45) is 2.63. The molecule has 0 atom stereocenters. The number of amides is 1. The summed E-state index contributed by atoms with van der Waals surface area (Å²) in [5.74, 6) is -0.132. The molecule has 1 saturated heterocycles. The van der Waals surface area contributed by atoms with E-state index in [-0.39, 0.29) is 5.91 Å². The lowest BCUT2D eigenvalue weighted by Crippen LogP contribution is -2.35. The van der Waals surface area contributed by atoms with Crippen LogP contribution in [0, 0.1) is 0 Å². The molecule has 0 saturated carbocycles. The smallest absolute Gasteiger partial charge is 0.257 e. The summed E-state index contributed by atoms with van der Waals surface area (Å²) in [5.41, 5.74) is 3.06. The molecule has 0 aliphatic carbocycles. The first-order chi connectivity index (χ1) is 14.2. The van der Waals surface area contributed by atoms with E-state index in [2.05, 4.69) is 43.3 Å². The highest BCUT2D eigenvalue weighted by Gasteiger charge is 2.12. The highest BCUT2D eigenvalue weighted by Crippen LogP contribution is 2.23. The van der Waals surface area contributed by atoms with Crippen molar-refractivity contribution in [1.29, 1.82) is 0 Å². The second-order valence-corrected chi connectivity index (χ2v) is 9.01. The van der Waals surface area contributed by atoms with Crippen molar-refractivity contribution in [2.75, 3.05) is 31.6 Å². The minimum Gasteiger partial charge on any atom is -0.379 e. The average molecular weight is 472 g/mol. The van der Waals surface area contributed by atoms with E-state index in [1.54, 1.807) is 0 Å². The van der Waals surface area contributed by atoms with Crippen LogP contribution in [0.25, 0.3) is 0 Å². The maximum Gasteiger partial charge on any atom is 0.257 e. The topological polar surface area (TPSA) is 54.5 Å². The summed E-state index contributed by atoms with van der Waals surface area (Å²) < 4.78 is 6.45. The number of rotatable bonds is 6. The third kappa shape index (κ3) is 5.73.